The van der Waals surface area contributed by atoms with Crippen LogP contribution in [0.25, 0.3) is 0 Å². The van der Waals surface area contributed by atoms with Crippen LogP contribution in [0.2, 0.25) is 5.02 Å². The van der Waals surface area contributed by atoms with Gasteiger partial charge in [-0.3, -0.25) is 4.79 Å². The highest BCUT2D eigenvalue weighted by Crippen LogP contribution is 2.26. The molecule has 25 heavy (non-hydrogen) atoms. The van der Waals surface area contributed by atoms with E-state index in [0.29, 0.717) is 16.5 Å². The minimum absolute atomic E-state index is 0.0824. The van der Waals surface area contributed by atoms with Gasteiger partial charge in [0.2, 0.25) is 0 Å². The van der Waals surface area contributed by atoms with Crippen molar-refractivity contribution in [2.45, 2.75) is 17.7 Å². The average Bonchev–Trinajstić information content (AvgIpc) is 2.64. The zero-order valence-corrected chi connectivity index (χ0v) is 16.8. The topological polar surface area (TPSA) is 26.8 Å². The lowest BCUT2D eigenvalue weighted by Gasteiger charge is -2.38. The number of thioether (sulfide) groups is 1. The third-order valence-electron chi connectivity index (χ3n) is 5.42. The van der Waals surface area contributed by atoms with Crippen LogP contribution in [-0.2, 0) is 0 Å². The number of likely N-dealkylation sites (N-methyl/N-ethyl adjacent to an activating group) is 1. The Kier molecular flexibility index (Phi) is 6.67. The summed E-state index contributed by atoms with van der Waals surface area (Å²) < 4.78 is 0. The first-order valence-electron chi connectivity index (χ1n) is 9.10. The zero-order valence-electron chi connectivity index (χ0n) is 15.2. The lowest BCUT2D eigenvalue weighted by Crippen LogP contribution is -2.48. The fourth-order valence-electron chi connectivity index (χ4n) is 3.68. The van der Waals surface area contributed by atoms with Crippen LogP contribution >= 0.6 is 23.4 Å². The molecule has 6 heteroatoms. The minimum atomic E-state index is 0.0824. The molecule has 1 aromatic rings. The maximum absolute atomic E-state index is 12.8. The van der Waals surface area contributed by atoms with E-state index in [1.807, 2.05) is 29.4 Å². The molecule has 0 spiro atoms. The van der Waals surface area contributed by atoms with Gasteiger partial charge in [-0.25, -0.2) is 0 Å². The lowest BCUT2D eigenvalue weighted by molar-refractivity contribution is 0.0644. The molecule has 0 bridgehead atoms. The number of piperidine rings is 1. The summed E-state index contributed by atoms with van der Waals surface area (Å²) in [6, 6.07) is 5.72. The summed E-state index contributed by atoms with van der Waals surface area (Å²) in [6.07, 6.45) is 4.21. The molecule has 0 N–H and O–H groups in total. The van der Waals surface area contributed by atoms with Crippen molar-refractivity contribution in [3.8, 4) is 0 Å². The van der Waals surface area contributed by atoms with Gasteiger partial charge in [-0.2, -0.15) is 0 Å². The molecular formula is C19H28ClN3OS. The Balaban J connectivity index is 1.52. The van der Waals surface area contributed by atoms with Crippen molar-refractivity contribution in [1.29, 1.82) is 0 Å². The first-order valence-corrected chi connectivity index (χ1v) is 10.7. The summed E-state index contributed by atoms with van der Waals surface area (Å²) in [6.45, 7) is 7.55. The van der Waals surface area contributed by atoms with Crippen LogP contribution < -0.4 is 0 Å². The lowest BCUT2D eigenvalue weighted by atomic mass is 9.95. The minimum Gasteiger partial charge on any atom is -0.339 e. The van der Waals surface area contributed by atoms with E-state index in [4.69, 9.17) is 11.6 Å². The van der Waals surface area contributed by atoms with Crippen LogP contribution in [-0.4, -0.2) is 79.7 Å². The van der Waals surface area contributed by atoms with Gasteiger partial charge in [0.05, 0.1) is 10.6 Å². The van der Waals surface area contributed by atoms with E-state index in [1.165, 1.54) is 32.7 Å². The smallest absolute Gasteiger partial charge is 0.255 e. The Morgan fingerprint density at radius 2 is 1.84 bits per heavy atom. The monoisotopic (exact) mass is 381 g/mol. The van der Waals surface area contributed by atoms with Crippen LogP contribution in [0.15, 0.2) is 23.1 Å². The predicted molar refractivity (Wildman–Crippen MR) is 106 cm³/mol. The number of hydrogen-bond acceptors (Lipinski definition) is 4. The van der Waals surface area contributed by atoms with E-state index in [0.717, 1.165) is 30.8 Å². The second-order valence-electron chi connectivity index (χ2n) is 7.19. The molecule has 0 aromatic heterocycles. The maximum atomic E-state index is 12.8. The van der Waals surface area contributed by atoms with Gasteiger partial charge in [0.25, 0.3) is 5.91 Å². The number of hydrogen-bond donors (Lipinski definition) is 0. The zero-order chi connectivity index (χ0) is 17.8. The van der Waals surface area contributed by atoms with Crippen molar-refractivity contribution < 1.29 is 4.79 Å². The van der Waals surface area contributed by atoms with E-state index in [1.54, 1.807) is 11.8 Å². The van der Waals surface area contributed by atoms with Crippen molar-refractivity contribution >= 4 is 29.3 Å². The van der Waals surface area contributed by atoms with Gasteiger partial charge in [-0.05, 0) is 50.3 Å². The molecule has 0 radical (unpaired) electrons. The second kappa shape index (κ2) is 8.76. The molecule has 0 unspecified atom stereocenters. The highest BCUT2D eigenvalue weighted by molar-refractivity contribution is 7.98. The summed E-state index contributed by atoms with van der Waals surface area (Å²) in [5, 5.41) is 0.558. The number of benzene rings is 1. The van der Waals surface area contributed by atoms with Crippen LogP contribution in [0, 0.1) is 5.92 Å². The van der Waals surface area contributed by atoms with Gasteiger partial charge < -0.3 is 14.7 Å². The first kappa shape index (κ1) is 19.0. The second-order valence-corrected chi connectivity index (χ2v) is 8.47. The van der Waals surface area contributed by atoms with Gasteiger partial charge in [0, 0.05) is 50.7 Å². The van der Waals surface area contributed by atoms with E-state index in [-0.39, 0.29) is 5.91 Å². The maximum Gasteiger partial charge on any atom is 0.255 e. The van der Waals surface area contributed by atoms with Crippen LogP contribution in [0.3, 0.4) is 0 Å². The quantitative estimate of drug-likeness (QED) is 0.748. The van der Waals surface area contributed by atoms with E-state index in [9.17, 15) is 4.79 Å². The third-order valence-corrected chi connectivity index (χ3v) is 6.47. The van der Waals surface area contributed by atoms with E-state index < -0.39 is 0 Å². The van der Waals surface area contributed by atoms with Gasteiger partial charge in [-0.15, -0.1) is 11.8 Å². The largest absolute Gasteiger partial charge is 0.339 e. The normalized spacial score (nSPS) is 20.8. The Hall–Kier alpha value is -0.750. The molecule has 1 amide bonds. The van der Waals surface area contributed by atoms with Crippen LogP contribution in [0.5, 0.6) is 0 Å². The fraction of sp³-hybridized carbons (Fsp3) is 0.632. The molecule has 0 atom stereocenters. The molecule has 3 rings (SSSR count). The molecule has 2 heterocycles. The molecule has 2 fully saturated rings. The van der Waals surface area contributed by atoms with E-state index in [2.05, 4.69) is 16.8 Å². The molecule has 4 nitrogen and oxygen atoms in total. The number of amides is 1. The number of rotatable bonds is 4. The number of nitrogens with zero attached hydrogens (tertiary/aromatic N) is 3. The van der Waals surface area contributed by atoms with E-state index >= 15 is 0 Å². The summed E-state index contributed by atoms with van der Waals surface area (Å²) in [5.41, 5.74) is 0.644. The Morgan fingerprint density at radius 1 is 1.16 bits per heavy atom. The molecule has 1 aromatic carbocycles. The Labute approximate surface area is 160 Å². The number of likely N-dealkylation sites (tertiary alicyclic amines) is 1. The number of carbonyl (C=O) groups excluding carboxylic acids is 1. The van der Waals surface area contributed by atoms with Crippen molar-refractivity contribution in [2.75, 3.05) is 59.1 Å². The average molecular weight is 382 g/mol. The summed E-state index contributed by atoms with van der Waals surface area (Å²) in [4.78, 5) is 20.9. The van der Waals surface area contributed by atoms with Gasteiger partial charge in [0.15, 0.2) is 0 Å². The molecule has 2 aliphatic rings. The third kappa shape index (κ3) is 4.91. The van der Waals surface area contributed by atoms with Crippen LogP contribution in [0.1, 0.15) is 23.2 Å². The van der Waals surface area contributed by atoms with Crippen molar-refractivity contribution in [3.63, 3.8) is 0 Å². The van der Waals surface area contributed by atoms with Crippen LogP contribution in [0.4, 0.5) is 0 Å². The first-order chi connectivity index (χ1) is 12.1. The van der Waals surface area contributed by atoms with Crippen molar-refractivity contribution in [3.05, 3.63) is 28.8 Å². The Morgan fingerprint density at radius 3 is 2.48 bits per heavy atom. The Bertz CT molecular complexity index is 596. The summed E-state index contributed by atoms with van der Waals surface area (Å²) >= 11 is 7.91. The molecule has 0 aliphatic carbocycles. The molecule has 138 valence electrons. The highest BCUT2D eigenvalue weighted by Gasteiger charge is 2.27. The number of carbonyl (C=O) groups is 1. The molecule has 2 aliphatic heterocycles. The van der Waals surface area contributed by atoms with Gasteiger partial charge >= 0.3 is 0 Å². The van der Waals surface area contributed by atoms with Gasteiger partial charge in [-0.1, -0.05) is 11.6 Å². The number of halogens is 1. The number of piperazine rings is 1. The predicted octanol–water partition coefficient (Wildman–Crippen LogP) is 3.16. The highest BCUT2D eigenvalue weighted by atomic mass is 35.5. The summed E-state index contributed by atoms with van der Waals surface area (Å²) in [7, 11) is 2.19. The molecule has 0 saturated carbocycles. The SMILES string of the molecule is CSc1ccc(Cl)c(C(=O)N2CCC(CN3CCN(C)CC3)CC2)c1. The van der Waals surface area contributed by atoms with Gasteiger partial charge in [0.1, 0.15) is 0 Å². The molecule has 2 saturated heterocycles. The standard InChI is InChI=1S/C19H28ClN3OS/c1-21-9-11-22(12-10-21)14-15-5-7-23(8-6-15)19(24)17-13-16(25-2)3-4-18(17)20/h3-4,13,15H,5-12,14H2,1-2H3. The fourth-order valence-corrected chi connectivity index (χ4v) is 4.32. The van der Waals surface area contributed by atoms with Crippen molar-refractivity contribution in [2.24, 2.45) is 5.92 Å². The van der Waals surface area contributed by atoms with Crippen molar-refractivity contribution in [1.82, 2.24) is 14.7 Å². The molecular weight excluding hydrogens is 354 g/mol. The summed E-state index contributed by atoms with van der Waals surface area (Å²) in [5.74, 6) is 0.791.